The monoisotopic (exact) mass is 198 g/mol. The summed E-state index contributed by atoms with van der Waals surface area (Å²) >= 11 is 0. The number of hydrogen-bond donors (Lipinski definition) is 2. The van der Waals surface area contributed by atoms with E-state index >= 15 is 0 Å². The van der Waals surface area contributed by atoms with Gasteiger partial charge in [0, 0.05) is 19.1 Å². The molecule has 0 aromatic heterocycles. The zero-order valence-electron chi connectivity index (χ0n) is 8.91. The minimum Gasteiger partial charge on any atom is -0.390 e. The largest absolute Gasteiger partial charge is 0.390 e. The van der Waals surface area contributed by atoms with Crippen LogP contribution in [0.15, 0.2) is 0 Å². The fourth-order valence-corrected chi connectivity index (χ4v) is 2.63. The van der Waals surface area contributed by atoms with Crippen molar-refractivity contribution in [2.24, 2.45) is 0 Å². The number of likely N-dealkylation sites (tertiary alicyclic amines) is 1. The first-order valence-corrected chi connectivity index (χ1v) is 6.01. The van der Waals surface area contributed by atoms with Gasteiger partial charge in [-0.3, -0.25) is 4.90 Å². The molecule has 3 nitrogen and oxygen atoms in total. The molecule has 0 unspecified atom stereocenters. The summed E-state index contributed by atoms with van der Waals surface area (Å²) in [5.41, 5.74) is 0. The third-order valence-electron chi connectivity index (χ3n) is 3.51. The zero-order valence-corrected chi connectivity index (χ0v) is 8.91. The molecule has 0 amide bonds. The van der Waals surface area contributed by atoms with Crippen LogP contribution in [0.1, 0.15) is 32.1 Å². The molecule has 0 spiro atoms. The van der Waals surface area contributed by atoms with Gasteiger partial charge < -0.3 is 10.4 Å². The van der Waals surface area contributed by atoms with Gasteiger partial charge in [0.1, 0.15) is 0 Å². The predicted molar refractivity (Wildman–Crippen MR) is 57.3 cm³/mol. The van der Waals surface area contributed by atoms with Crippen molar-refractivity contribution in [1.82, 2.24) is 10.2 Å². The molecule has 2 aliphatic rings. The Bertz CT molecular complexity index is 167. The minimum atomic E-state index is -0.144. The van der Waals surface area contributed by atoms with E-state index in [0.717, 1.165) is 13.1 Å². The second-order valence-electron chi connectivity index (χ2n) is 4.60. The average molecular weight is 198 g/mol. The lowest BCUT2D eigenvalue weighted by atomic mass is 10.1. The van der Waals surface area contributed by atoms with Gasteiger partial charge in [-0.25, -0.2) is 0 Å². The highest BCUT2D eigenvalue weighted by Crippen LogP contribution is 2.16. The number of hydrogen-bond acceptors (Lipinski definition) is 3. The van der Waals surface area contributed by atoms with Crippen molar-refractivity contribution in [2.75, 3.05) is 26.2 Å². The Kier molecular flexibility index (Phi) is 3.79. The molecular weight excluding hydrogens is 176 g/mol. The molecule has 3 heteroatoms. The van der Waals surface area contributed by atoms with Gasteiger partial charge in [-0.1, -0.05) is 19.3 Å². The lowest BCUT2D eigenvalue weighted by Crippen LogP contribution is -2.44. The molecule has 82 valence electrons. The molecular formula is C11H22N2O. The summed E-state index contributed by atoms with van der Waals surface area (Å²) in [5.74, 6) is 0. The summed E-state index contributed by atoms with van der Waals surface area (Å²) in [7, 11) is 0. The molecule has 2 atom stereocenters. The Hall–Kier alpha value is -0.120. The fourth-order valence-electron chi connectivity index (χ4n) is 2.63. The van der Waals surface area contributed by atoms with Crippen molar-refractivity contribution in [3.05, 3.63) is 0 Å². The molecule has 0 bridgehead atoms. The van der Waals surface area contributed by atoms with Crippen LogP contribution in [0.3, 0.4) is 0 Å². The minimum absolute atomic E-state index is 0.144. The van der Waals surface area contributed by atoms with Gasteiger partial charge in [-0.05, 0) is 25.9 Å². The summed E-state index contributed by atoms with van der Waals surface area (Å²) in [6.45, 7) is 4.12. The molecule has 2 fully saturated rings. The molecule has 0 aliphatic carbocycles. The maximum atomic E-state index is 9.80. The fraction of sp³-hybridized carbons (Fsp3) is 1.00. The maximum Gasteiger partial charge on any atom is 0.0831 e. The molecule has 2 aliphatic heterocycles. The van der Waals surface area contributed by atoms with Crippen molar-refractivity contribution >= 4 is 0 Å². The Morgan fingerprint density at radius 2 is 1.57 bits per heavy atom. The lowest BCUT2D eigenvalue weighted by Gasteiger charge is -2.31. The lowest BCUT2D eigenvalue weighted by molar-refractivity contribution is 0.0775. The van der Waals surface area contributed by atoms with Crippen LogP contribution in [0.25, 0.3) is 0 Å². The van der Waals surface area contributed by atoms with Crippen LogP contribution in [-0.2, 0) is 0 Å². The predicted octanol–water partition coefficient (Wildman–Crippen LogP) is 0.585. The highest BCUT2D eigenvalue weighted by molar-refractivity contribution is 4.88. The first kappa shape index (κ1) is 10.4. The smallest absolute Gasteiger partial charge is 0.0831 e. The number of nitrogens with zero attached hydrogens (tertiary/aromatic N) is 1. The molecule has 14 heavy (non-hydrogen) atoms. The third-order valence-corrected chi connectivity index (χ3v) is 3.51. The van der Waals surface area contributed by atoms with Crippen LogP contribution in [0.4, 0.5) is 0 Å². The highest BCUT2D eigenvalue weighted by Gasteiger charge is 2.30. The normalized spacial score (nSPS) is 36.6. The SMILES string of the molecule is O[C@@H]1CNC[C@H]1N1CCCCCCC1. The molecule has 0 radical (unpaired) electrons. The van der Waals surface area contributed by atoms with Gasteiger partial charge in [-0.2, -0.15) is 0 Å². The first-order chi connectivity index (χ1) is 6.88. The maximum absolute atomic E-state index is 9.80. The van der Waals surface area contributed by atoms with Crippen molar-refractivity contribution in [3.63, 3.8) is 0 Å². The van der Waals surface area contributed by atoms with E-state index in [1.54, 1.807) is 0 Å². The van der Waals surface area contributed by atoms with Crippen molar-refractivity contribution in [2.45, 2.75) is 44.2 Å². The van der Waals surface area contributed by atoms with Crippen LogP contribution in [0.2, 0.25) is 0 Å². The van der Waals surface area contributed by atoms with Crippen molar-refractivity contribution in [3.8, 4) is 0 Å². The Morgan fingerprint density at radius 3 is 2.14 bits per heavy atom. The standard InChI is InChI=1S/C11H22N2O/c14-11-9-12-8-10(11)13-6-4-2-1-3-5-7-13/h10-12,14H,1-9H2/t10-,11-/m1/s1. The Morgan fingerprint density at radius 1 is 0.929 bits per heavy atom. The van der Waals surface area contributed by atoms with E-state index in [1.807, 2.05) is 0 Å². The van der Waals surface area contributed by atoms with Gasteiger partial charge in [0.2, 0.25) is 0 Å². The van der Waals surface area contributed by atoms with Gasteiger partial charge >= 0.3 is 0 Å². The molecule has 0 aromatic carbocycles. The summed E-state index contributed by atoms with van der Waals surface area (Å²) in [4.78, 5) is 2.49. The van der Waals surface area contributed by atoms with E-state index in [9.17, 15) is 5.11 Å². The Balaban J connectivity index is 1.86. The van der Waals surface area contributed by atoms with Crippen LogP contribution in [0.5, 0.6) is 0 Å². The van der Waals surface area contributed by atoms with Crippen molar-refractivity contribution in [1.29, 1.82) is 0 Å². The van der Waals surface area contributed by atoms with E-state index in [0.29, 0.717) is 6.04 Å². The van der Waals surface area contributed by atoms with Crippen LogP contribution >= 0.6 is 0 Å². The van der Waals surface area contributed by atoms with Crippen molar-refractivity contribution < 1.29 is 5.11 Å². The van der Waals surface area contributed by atoms with E-state index in [-0.39, 0.29) is 6.10 Å². The second-order valence-corrected chi connectivity index (χ2v) is 4.60. The van der Waals surface area contributed by atoms with Crippen LogP contribution in [0, 0.1) is 0 Å². The topological polar surface area (TPSA) is 35.5 Å². The number of aliphatic hydroxyl groups excluding tert-OH is 1. The molecule has 2 N–H and O–H groups in total. The van der Waals surface area contributed by atoms with Gasteiger partial charge in [0.15, 0.2) is 0 Å². The van der Waals surface area contributed by atoms with Gasteiger partial charge in [-0.15, -0.1) is 0 Å². The number of aliphatic hydroxyl groups is 1. The van der Waals surface area contributed by atoms with E-state index in [1.165, 1.54) is 45.2 Å². The zero-order chi connectivity index (χ0) is 9.80. The molecule has 2 saturated heterocycles. The third kappa shape index (κ3) is 2.47. The summed E-state index contributed by atoms with van der Waals surface area (Å²) in [5, 5.41) is 13.1. The van der Waals surface area contributed by atoms with E-state index in [2.05, 4.69) is 10.2 Å². The Labute approximate surface area is 86.5 Å². The molecule has 2 heterocycles. The second kappa shape index (κ2) is 5.10. The van der Waals surface area contributed by atoms with Gasteiger partial charge in [0.25, 0.3) is 0 Å². The van der Waals surface area contributed by atoms with Crippen LogP contribution < -0.4 is 5.32 Å². The molecule has 0 aromatic rings. The van der Waals surface area contributed by atoms with Gasteiger partial charge in [0.05, 0.1) is 6.10 Å². The number of rotatable bonds is 1. The molecule has 0 saturated carbocycles. The van der Waals surface area contributed by atoms with Crippen LogP contribution in [-0.4, -0.2) is 48.3 Å². The van der Waals surface area contributed by atoms with E-state index < -0.39 is 0 Å². The average Bonchev–Trinajstić information content (AvgIpc) is 2.51. The first-order valence-electron chi connectivity index (χ1n) is 6.01. The van der Waals surface area contributed by atoms with E-state index in [4.69, 9.17) is 0 Å². The molecule has 2 rings (SSSR count). The number of nitrogens with one attached hydrogen (secondary N) is 1. The number of β-amino-alcohol motifs (C(OH)–C–C–N with tert-alkyl or cyclic N) is 1. The highest BCUT2D eigenvalue weighted by atomic mass is 16.3. The summed E-state index contributed by atoms with van der Waals surface area (Å²) in [6.07, 6.45) is 6.61. The quantitative estimate of drug-likeness (QED) is 0.647. The summed E-state index contributed by atoms with van der Waals surface area (Å²) < 4.78 is 0. The summed E-state index contributed by atoms with van der Waals surface area (Å²) in [6, 6.07) is 0.382.